The summed E-state index contributed by atoms with van der Waals surface area (Å²) in [6.45, 7) is 0.577. The maximum atomic E-state index is 11.8. The molecular weight excluding hydrogens is 378 g/mol. The quantitative estimate of drug-likeness (QED) is 0.838. The van der Waals surface area contributed by atoms with Crippen LogP contribution in [-0.4, -0.2) is 5.91 Å². The van der Waals surface area contributed by atoms with Crippen LogP contribution in [-0.2, 0) is 17.8 Å². The summed E-state index contributed by atoms with van der Waals surface area (Å²) in [4.78, 5) is 12.9. The van der Waals surface area contributed by atoms with Gasteiger partial charge in [0.1, 0.15) is 0 Å². The van der Waals surface area contributed by atoms with Gasteiger partial charge in [0.2, 0.25) is 5.91 Å². The number of nitrogens with one attached hydrogen (secondary N) is 1. The van der Waals surface area contributed by atoms with Crippen LogP contribution in [0.4, 0.5) is 0 Å². The van der Waals surface area contributed by atoms with E-state index in [0.717, 1.165) is 19.4 Å². The van der Waals surface area contributed by atoms with Crippen molar-refractivity contribution >= 4 is 49.1 Å². The molecule has 2 aromatic rings. The highest BCUT2D eigenvalue weighted by Gasteiger charge is 2.05. The first-order valence-electron chi connectivity index (χ1n) is 5.38. The fourth-order valence-electron chi connectivity index (χ4n) is 1.48. The second-order valence-electron chi connectivity index (χ2n) is 3.77. The molecule has 18 heavy (non-hydrogen) atoms. The Balaban J connectivity index is 1.86. The van der Waals surface area contributed by atoms with Crippen molar-refractivity contribution in [3.05, 3.63) is 55.1 Å². The SMILES string of the molecule is O=C(Cc1ccc(Br)cc1)NCc1sccc1Br. The summed E-state index contributed by atoms with van der Waals surface area (Å²) in [5.74, 6) is 0.0395. The molecule has 0 aliphatic carbocycles. The zero-order valence-corrected chi connectivity index (χ0v) is 13.4. The van der Waals surface area contributed by atoms with Gasteiger partial charge in [0.05, 0.1) is 13.0 Å². The smallest absolute Gasteiger partial charge is 0.224 e. The van der Waals surface area contributed by atoms with Crippen molar-refractivity contribution in [3.63, 3.8) is 0 Å². The van der Waals surface area contributed by atoms with E-state index >= 15 is 0 Å². The van der Waals surface area contributed by atoms with Gasteiger partial charge in [0, 0.05) is 13.8 Å². The van der Waals surface area contributed by atoms with Gasteiger partial charge >= 0.3 is 0 Å². The molecule has 0 unspecified atom stereocenters. The van der Waals surface area contributed by atoms with E-state index in [-0.39, 0.29) is 5.91 Å². The molecule has 1 aromatic carbocycles. The Morgan fingerprint density at radius 1 is 1.17 bits per heavy atom. The first kappa shape index (κ1) is 13.8. The molecule has 5 heteroatoms. The Kier molecular flexibility index (Phi) is 4.97. The van der Waals surface area contributed by atoms with Crippen LogP contribution in [0.25, 0.3) is 0 Å². The molecule has 0 aliphatic rings. The van der Waals surface area contributed by atoms with Gasteiger partial charge in [0.25, 0.3) is 0 Å². The Labute approximate surface area is 127 Å². The van der Waals surface area contributed by atoms with Crippen LogP contribution in [0.5, 0.6) is 0 Å². The molecule has 1 heterocycles. The van der Waals surface area contributed by atoms with E-state index in [2.05, 4.69) is 37.2 Å². The number of carbonyl (C=O) groups is 1. The van der Waals surface area contributed by atoms with Crippen molar-refractivity contribution in [2.24, 2.45) is 0 Å². The van der Waals surface area contributed by atoms with Crippen LogP contribution in [0.2, 0.25) is 0 Å². The van der Waals surface area contributed by atoms with E-state index in [1.165, 1.54) is 0 Å². The summed E-state index contributed by atoms with van der Waals surface area (Å²) in [7, 11) is 0. The number of halogens is 2. The average Bonchev–Trinajstić information content (AvgIpc) is 2.75. The molecule has 0 radical (unpaired) electrons. The summed E-state index contributed by atoms with van der Waals surface area (Å²) in [6, 6.07) is 9.77. The lowest BCUT2D eigenvalue weighted by molar-refractivity contribution is -0.120. The van der Waals surface area contributed by atoms with Crippen LogP contribution in [0.3, 0.4) is 0 Å². The predicted octanol–water partition coefficient (Wildman–Crippen LogP) is 4.13. The molecule has 1 amide bonds. The molecule has 1 aromatic heterocycles. The van der Waals surface area contributed by atoms with E-state index in [0.29, 0.717) is 13.0 Å². The van der Waals surface area contributed by atoms with Crippen molar-refractivity contribution in [1.29, 1.82) is 0 Å². The molecule has 0 fully saturated rings. The Bertz CT molecular complexity index is 536. The number of rotatable bonds is 4. The molecule has 1 N–H and O–H groups in total. The molecule has 0 bridgehead atoms. The number of hydrogen-bond acceptors (Lipinski definition) is 2. The molecular formula is C13H11Br2NOS. The number of hydrogen-bond donors (Lipinski definition) is 1. The van der Waals surface area contributed by atoms with E-state index in [1.54, 1.807) is 11.3 Å². The lowest BCUT2D eigenvalue weighted by atomic mass is 10.1. The normalized spacial score (nSPS) is 10.3. The summed E-state index contributed by atoms with van der Waals surface area (Å²) in [6.07, 6.45) is 0.413. The number of benzene rings is 1. The van der Waals surface area contributed by atoms with Gasteiger partial charge in [-0.1, -0.05) is 28.1 Å². The second-order valence-corrected chi connectivity index (χ2v) is 6.54. The van der Waals surface area contributed by atoms with Crippen LogP contribution in [0.15, 0.2) is 44.7 Å². The first-order valence-corrected chi connectivity index (χ1v) is 7.85. The summed E-state index contributed by atoms with van der Waals surface area (Å²) < 4.78 is 2.07. The highest BCUT2D eigenvalue weighted by Crippen LogP contribution is 2.22. The van der Waals surface area contributed by atoms with Gasteiger partial charge in [-0.25, -0.2) is 0 Å². The molecule has 2 rings (SSSR count). The third-order valence-corrected chi connectivity index (χ3v) is 4.87. The minimum absolute atomic E-state index is 0.0395. The van der Waals surface area contributed by atoms with Crippen LogP contribution in [0.1, 0.15) is 10.4 Å². The molecule has 0 aliphatic heterocycles. The Morgan fingerprint density at radius 2 is 1.89 bits per heavy atom. The minimum atomic E-state index is 0.0395. The fraction of sp³-hybridized carbons (Fsp3) is 0.154. The highest BCUT2D eigenvalue weighted by molar-refractivity contribution is 9.10. The largest absolute Gasteiger partial charge is 0.351 e. The van der Waals surface area contributed by atoms with E-state index < -0.39 is 0 Å². The number of thiophene rings is 1. The van der Waals surface area contributed by atoms with Crippen molar-refractivity contribution in [3.8, 4) is 0 Å². The fourth-order valence-corrected chi connectivity index (χ4v) is 3.18. The van der Waals surface area contributed by atoms with Gasteiger partial charge in [0.15, 0.2) is 0 Å². The zero-order valence-electron chi connectivity index (χ0n) is 9.45. The number of amides is 1. The molecule has 0 atom stereocenters. The van der Waals surface area contributed by atoms with Gasteiger partial charge in [-0.3, -0.25) is 4.79 Å². The van der Waals surface area contributed by atoms with E-state index in [1.807, 2.05) is 35.7 Å². The van der Waals surface area contributed by atoms with Crippen LogP contribution < -0.4 is 5.32 Å². The van der Waals surface area contributed by atoms with Gasteiger partial charge in [-0.2, -0.15) is 0 Å². The number of carbonyl (C=O) groups excluding carboxylic acids is 1. The van der Waals surface area contributed by atoms with E-state index in [4.69, 9.17) is 0 Å². The molecule has 2 nitrogen and oxygen atoms in total. The maximum Gasteiger partial charge on any atom is 0.224 e. The standard InChI is InChI=1S/C13H11Br2NOS/c14-10-3-1-9(2-4-10)7-13(17)16-8-12-11(15)5-6-18-12/h1-6H,7-8H2,(H,16,17). The molecule has 0 saturated heterocycles. The van der Waals surface area contributed by atoms with Crippen LogP contribution in [0, 0.1) is 0 Å². The monoisotopic (exact) mass is 387 g/mol. The Hall–Kier alpha value is -0.650. The third kappa shape index (κ3) is 3.93. The topological polar surface area (TPSA) is 29.1 Å². The van der Waals surface area contributed by atoms with Gasteiger partial charge < -0.3 is 5.32 Å². The third-order valence-electron chi connectivity index (χ3n) is 2.42. The van der Waals surface area contributed by atoms with Crippen molar-refractivity contribution in [1.82, 2.24) is 5.32 Å². The first-order chi connectivity index (χ1) is 8.65. The summed E-state index contributed by atoms with van der Waals surface area (Å²) in [5.41, 5.74) is 1.01. The second kappa shape index (κ2) is 6.50. The highest BCUT2D eigenvalue weighted by atomic mass is 79.9. The minimum Gasteiger partial charge on any atom is -0.351 e. The van der Waals surface area contributed by atoms with Crippen molar-refractivity contribution < 1.29 is 4.79 Å². The Morgan fingerprint density at radius 3 is 2.50 bits per heavy atom. The maximum absolute atomic E-state index is 11.8. The molecule has 0 saturated carbocycles. The molecule has 94 valence electrons. The van der Waals surface area contributed by atoms with Gasteiger partial charge in [-0.05, 0) is 45.1 Å². The lowest BCUT2D eigenvalue weighted by Gasteiger charge is -2.04. The lowest BCUT2D eigenvalue weighted by Crippen LogP contribution is -2.24. The predicted molar refractivity (Wildman–Crippen MR) is 81.7 cm³/mol. The van der Waals surface area contributed by atoms with E-state index in [9.17, 15) is 4.79 Å². The van der Waals surface area contributed by atoms with Crippen molar-refractivity contribution in [2.45, 2.75) is 13.0 Å². The van der Waals surface area contributed by atoms with Gasteiger partial charge in [-0.15, -0.1) is 11.3 Å². The molecule has 0 spiro atoms. The summed E-state index contributed by atoms with van der Waals surface area (Å²) >= 11 is 8.45. The van der Waals surface area contributed by atoms with Crippen molar-refractivity contribution in [2.75, 3.05) is 0 Å². The average molecular weight is 389 g/mol. The zero-order chi connectivity index (χ0) is 13.0. The van der Waals surface area contributed by atoms with Crippen LogP contribution >= 0.6 is 43.2 Å². The summed E-state index contributed by atoms with van der Waals surface area (Å²) in [5, 5.41) is 4.92.